The summed E-state index contributed by atoms with van der Waals surface area (Å²) in [7, 11) is 0. The summed E-state index contributed by atoms with van der Waals surface area (Å²) in [5, 5.41) is 8.79. The Hall–Kier alpha value is -3.02. The lowest BCUT2D eigenvalue weighted by Gasteiger charge is -2.14. The SMILES string of the molecule is CCCCNC(=O)c1ccc(NC(=O)CNc2cccc(OC(C)CC)c2)cc1. The molecule has 2 amide bonds. The fourth-order valence-electron chi connectivity index (χ4n) is 2.57. The molecule has 1 unspecified atom stereocenters. The Morgan fingerprint density at radius 2 is 1.79 bits per heavy atom. The van der Waals surface area contributed by atoms with E-state index in [9.17, 15) is 9.59 Å². The Kier molecular flexibility index (Phi) is 9.02. The standard InChI is InChI=1S/C23H31N3O3/c1-4-6-14-24-23(28)18-10-12-19(13-11-18)26-22(27)16-25-20-8-7-9-21(15-20)29-17(3)5-2/h7-13,15,17,25H,4-6,14,16H2,1-3H3,(H,24,28)(H,26,27). The molecular formula is C23H31N3O3. The quantitative estimate of drug-likeness (QED) is 0.490. The lowest BCUT2D eigenvalue weighted by Crippen LogP contribution is -2.24. The number of anilines is 2. The van der Waals surface area contributed by atoms with Gasteiger partial charge in [0.25, 0.3) is 5.91 Å². The van der Waals surface area contributed by atoms with Gasteiger partial charge in [-0.1, -0.05) is 26.3 Å². The molecule has 0 fully saturated rings. The first-order valence-electron chi connectivity index (χ1n) is 10.2. The maximum Gasteiger partial charge on any atom is 0.251 e. The highest BCUT2D eigenvalue weighted by molar-refractivity contribution is 5.96. The number of carbonyl (C=O) groups excluding carboxylic acids is 2. The third kappa shape index (κ3) is 7.86. The number of unbranched alkanes of at least 4 members (excludes halogenated alkanes) is 1. The molecule has 156 valence electrons. The van der Waals surface area contributed by atoms with Crippen LogP contribution >= 0.6 is 0 Å². The predicted octanol–water partition coefficient (Wildman–Crippen LogP) is 4.44. The van der Waals surface area contributed by atoms with Crippen LogP contribution in [0.5, 0.6) is 5.75 Å². The van der Waals surface area contributed by atoms with E-state index >= 15 is 0 Å². The van der Waals surface area contributed by atoms with E-state index in [-0.39, 0.29) is 24.5 Å². The van der Waals surface area contributed by atoms with Gasteiger partial charge in [0, 0.05) is 29.5 Å². The van der Waals surface area contributed by atoms with Crippen molar-refractivity contribution in [1.29, 1.82) is 0 Å². The van der Waals surface area contributed by atoms with Gasteiger partial charge in [-0.05, 0) is 56.2 Å². The van der Waals surface area contributed by atoms with Gasteiger partial charge in [0.05, 0.1) is 12.6 Å². The van der Waals surface area contributed by atoms with Crippen LogP contribution in [-0.2, 0) is 4.79 Å². The molecule has 0 aliphatic heterocycles. The molecule has 0 spiro atoms. The summed E-state index contributed by atoms with van der Waals surface area (Å²) in [5.74, 6) is 0.508. The van der Waals surface area contributed by atoms with Crippen LogP contribution in [0.3, 0.4) is 0 Å². The maximum absolute atomic E-state index is 12.2. The second-order valence-electron chi connectivity index (χ2n) is 6.95. The predicted molar refractivity (Wildman–Crippen MR) is 118 cm³/mol. The summed E-state index contributed by atoms with van der Waals surface area (Å²) in [6, 6.07) is 14.4. The Morgan fingerprint density at radius 3 is 2.48 bits per heavy atom. The monoisotopic (exact) mass is 397 g/mol. The van der Waals surface area contributed by atoms with Gasteiger partial charge in [-0.2, -0.15) is 0 Å². The minimum absolute atomic E-state index is 0.0996. The number of hydrogen-bond acceptors (Lipinski definition) is 4. The van der Waals surface area contributed by atoms with Crippen molar-refractivity contribution >= 4 is 23.2 Å². The molecule has 2 aromatic rings. The molecule has 0 saturated heterocycles. The summed E-state index contributed by atoms with van der Waals surface area (Å²) in [6.07, 6.45) is 3.07. The van der Waals surface area contributed by atoms with Crippen molar-refractivity contribution in [2.45, 2.75) is 46.1 Å². The van der Waals surface area contributed by atoms with Crippen molar-refractivity contribution < 1.29 is 14.3 Å². The van der Waals surface area contributed by atoms with E-state index in [0.717, 1.165) is 30.7 Å². The molecule has 6 nitrogen and oxygen atoms in total. The molecule has 2 rings (SSSR count). The highest BCUT2D eigenvalue weighted by Crippen LogP contribution is 2.19. The van der Waals surface area contributed by atoms with E-state index in [1.54, 1.807) is 24.3 Å². The highest BCUT2D eigenvalue weighted by atomic mass is 16.5. The third-order valence-corrected chi connectivity index (χ3v) is 4.45. The summed E-state index contributed by atoms with van der Waals surface area (Å²) >= 11 is 0. The summed E-state index contributed by atoms with van der Waals surface area (Å²) in [4.78, 5) is 24.2. The van der Waals surface area contributed by atoms with Crippen LogP contribution in [0.15, 0.2) is 48.5 Å². The van der Waals surface area contributed by atoms with Gasteiger partial charge in [0.15, 0.2) is 0 Å². The first-order chi connectivity index (χ1) is 14.0. The van der Waals surface area contributed by atoms with Crippen LogP contribution in [0.4, 0.5) is 11.4 Å². The van der Waals surface area contributed by atoms with Crippen LogP contribution in [0, 0.1) is 0 Å². The molecule has 2 aromatic carbocycles. The van der Waals surface area contributed by atoms with Crippen LogP contribution in [0.2, 0.25) is 0 Å². The first kappa shape index (κ1) is 22.3. The van der Waals surface area contributed by atoms with E-state index < -0.39 is 0 Å². The molecule has 0 bridgehead atoms. The minimum Gasteiger partial charge on any atom is -0.491 e. The Balaban J connectivity index is 1.82. The van der Waals surface area contributed by atoms with Crippen molar-refractivity contribution in [2.75, 3.05) is 23.7 Å². The molecular weight excluding hydrogens is 366 g/mol. The van der Waals surface area contributed by atoms with Crippen molar-refractivity contribution in [2.24, 2.45) is 0 Å². The van der Waals surface area contributed by atoms with E-state index in [4.69, 9.17) is 4.74 Å². The minimum atomic E-state index is -0.168. The normalized spacial score (nSPS) is 11.4. The number of amides is 2. The van der Waals surface area contributed by atoms with Gasteiger partial charge >= 0.3 is 0 Å². The zero-order valence-corrected chi connectivity index (χ0v) is 17.5. The van der Waals surface area contributed by atoms with Crippen molar-refractivity contribution in [3.05, 3.63) is 54.1 Å². The van der Waals surface area contributed by atoms with Crippen LogP contribution < -0.4 is 20.7 Å². The molecule has 29 heavy (non-hydrogen) atoms. The fraction of sp³-hybridized carbons (Fsp3) is 0.391. The van der Waals surface area contributed by atoms with Gasteiger partial charge < -0.3 is 20.7 Å². The van der Waals surface area contributed by atoms with Crippen LogP contribution in [0.25, 0.3) is 0 Å². The zero-order valence-electron chi connectivity index (χ0n) is 17.5. The fourth-order valence-corrected chi connectivity index (χ4v) is 2.57. The smallest absolute Gasteiger partial charge is 0.251 e. The second kappa shape index (κ2) is 11.7. The van der Waals surface area contributed by atoms with Crippen LogP contribution in [0.1, 0.15) is 50.4 Å². The molecule has 1 atom stereocenters. The molecule has 3 N–H and O–H groups in total. The van der Waals surface area contributed by atoms with E-state index in [1.807, 2.05) is 31.2 Å². The van der Waals surface area contributed by atoms with Gasteiger partial charge in [-0.3, -0.25) is 9.59 Å². The van der Waals surface area contributed by atoms with Gasteiger partial charge in [-0.15, -0.1) is 0 Å². The van der Waals surface area contributed by atoms with Crippen molar-refractivity contribution in [3.63, 3.8) is 0 Å². The molecule has 0 aromatic heterocycles. The lowest BCUT2D eigenvalue weighted by molar-refractivity contribution is -0.114. The topological polar surface area (TPSA) is 79.5 Å². The van der Waals surface area contributed by atoms with Crippen LogP contribution in [-0.4, -0.2) is 31.0 Å². The summed E-state index contributed by atoms with van der Waals surface area (Å²) in [6.45, 7) is 6.97. The largest absolute Gasteiger partial charge is 0.491 e. The maximum atomic E-state index is 12.2. The Bertz CT molecular complexity index is 790. The molecule has 0 saturated carbocycles. The average Bonchev–Trinajstić information content (AvgIpc) is 2.73. The molecule has 0 radical (unpaired) electrons. The number of hydrogen-bond donors (Lipinski definition) is 3. The van der Waals surface area contributed by atoms with E-state index in [1.165, 1.54) is 0 Å². The number of nitrogens with one attached hydrogen (secondary N) is 3. The molecule has 0 heterocycles. The number of benzene rings is 2. The highest BCUT2D eigenvalue weighted by Gasteiger charge is 2.07. The summed E-state index contributed by atoms with van der Waals surface area (Å²) in [5.41, 5.74) is 2.05. The first-order valence-corrected chi connectivity index (χ1v) is 10.2. The molecule has 0 aliphatic carbocycles. The van der Waals surface area contributed by atoms with Gasteiger partial charge in [0.1, 0.15) is 5.75 Å². The summed E-state index contributed by atoms with van der Waals surface area (Å²) < 4.78 is 5.79. The van der Waals surface area contributed by atoms with Crippen molar-refractivity contribution in [1.82, 2.24) is 5.32 Å². The van der Waals surface area contributed by atoms with E-state index in [0.29, 0.717) is 17.8 Å². The lowest BCUT2D eigenvalue weighted by atomic mass is 10.2. The Morgan fingerprint density at radius 1 is 1.03 bits per heavy atom. The number of carbonyl (C=O) groups is 2. The van der Waals surface area contributed by atoms with Gasteiger partial charge in [-0.25, -0.2) is 0 Å². The third-order valence-electron chi connectivity index (χ3n) is 4.45. The Labute approximate surface area is 173 Å². The molecule has 0 aliphatic rings. The molecule has 6 heteroatoms. The average molecular weight is 398 g/mol. The van der Waals surface area contributed by atoms with Crippen molar-refractivity contribution in [3.8, 4) is 5.75 Å². The number of rotatable bonds is 11. The van der Waals surface area contributed by atoms with E-state index in [2.05, 4.69) is 29.8 Å². The number of ether oxygens (including phenoxy) is 1. The van der Waals surface area contributed by atoms with Gasteiger partial charge in [0.2, 0.25) is 5.91 Å². The second-order valence-corrected chi connectivity index (χ2v) is 6.95. The zero-order chi connectivity index (χ0) is 21.1.